The fourth-order valence-corrected chi connectivity index (χ4v) is 3.60. The van der Waals surface area contributed by atoms with E-state index in [9.17, 15) is 5.11 Å². The lowest BCUT2D eigenvalue weighted by Gasteiger charge is -2.23. The fourth-order valence-electron chi connectivity index (χ4n) is 2.11. The Morgan fingerprint density at radius 1 is 1.40 bits per heavy atom. The van der Waals surface area contributed by atoms with Crippen LogP contribution in [0.25, 0.3) is 0 Å². The second-order valence-corrected chi connectivity index (χ2v) is 7.44. The minimum atomic E-state index is -0.278. The molecule has 0 saturated carbocycles. The number of aliphatic hydroxyl groups excluding tert-OH is 1. The standard InChI is InChI=1S/C13H20OS/c1-12(2,3)10-6-8-9(15-10)7-13(4,5)11(8)14/h6,11,14H,7H2,1-5H3. The quantitative estimate of drug-likeness (QED) is 0.713. The minimum absolute atomic E-state index is 0.0254. The van der Waals surface area contributed by atoms with Gasteiger partial charge in [-0.15, -0.1) is 11.3 Å². The summed E-state index contributed by atoms with van der Waals surface area (Å²) in [5, 5.41) is 10.2. The van der Waals surface area contributed by atoms with E-state index >= 15 is 0 Å². The van der Waals surface area contributed by atoms with Crippen molar-refractivity contribution in [1.29, 1.82) is 0 Å². The van der Waals surface area contributed by atoms with Crippen LogP contribution in [0.5, 0.6) is 0 Å². The third-order valence-corrected chi connectivity index (χ3v) is 4.81. The van der Waals surface area contributed by atoms with Gasteiger partial charge in [0.1, 0.15) is 0 Å². The van der Waals surface area contributed by atoms with Crippen LogP contribution in [0.4, 0.5) is 0 Å². The predicted octanol–water partition coefficient (Wildman–Crippen LogP) is 3.66. The van der Waals surface area contributed by atoms with E-state index < -0.39 is 0 Å². The molecule has 1 aromatic heterocycles. The van der Waals surface area contributed by atoms with Crippen LogP contribution in [-0.4, -0.2) is 5.11 Å². The second-order valence-electron chi connectivity index (χ2n) is 6.31. The summed E-state index contributed by atoms with van der Waals surface area (Å²) in [5.41, 5.74) is 1.41. The van der Waals surface area contributed by atoms with Crippen molar-refractivity contribution in [3.8, 4) is 0 Å². The van der Waals surface area contributed by atoms with Gasteiger partial charge in [-0.25, -0.2) is 0 Å². The molecule has 1 nitrogen and oxygen atoms in total. The molecule has 0 aromatic carbocycles. The zero-order valence-corrected chi connectivity index (χ0v) is 11.0. The normalized spacial score (nSPS) is 24.3. The van der Waals surface area contributed by atoms with Gasteiger partial charge in [-0.05, 0) is 28.9 Å². The highest BCUT2D eigenvalue weighted by atomic mass is 32.1. The summed E-state index contributed by atoms with van der Waals surface area (Å²) < 4.78 is 0. The zero-order chi connectivity index (χ0) is 11.4. The van der Waals surface area contributed by atoms with E-state index in [2.05, 4.69) is 40.7 Å². The number of hydrogen-bond donors (Lipinski definition) is 1. The maximum Gasteiger partial charge on any atom is 0.0855 e. The Hall–Kier alpha value is -0.340. The van der Waals surface area contributed by atoms with Crippen LogP contribution in [0.1, 0.15) is 56.0 Å². The smallest absolute Gasteiger partial charge is 0.0855 e. The van der Waals surface area contributed by atoms with Crippen molar-refractivity contribution in [2.45, 2.75) is 52.6 Å². The predicted molar refractivity (Wildman–Crippen MR) is 65.5 cm³/mol. The van der Waals surface area contributed by atoms with Crippen molar-refractivity contribution in [1.82, 2.24) is 0 Å². The summed E-state index contributed by atoms with van der Waals surface area (Å²) in [4.78, 5) is 2.78. The van der Waals surface area contributed by atoms with Gasteiger partial charge in [-0.1, -0.05) is 34.6 Å². The van der Waals surface area contributed by atoms with Crippen LogP contribution >= 0.6 is 11.3 Å². The van der Waals surface area contributed by atoms with E-state index in [0.717, 1.165) is 6.42 Å². The highest BCUT2D eigenvalue weighted by molar-refractivity contribution is 7.12. The maximum absolute atomic E-state index is 10.2. The number of fused-ring (bicyclic) bond motifs is 1. The monoisotopic (exact) mass is 224 g/mol. The summed E-state index contributed by atoms with van der Waals surface area (Å²) in [7, 11) is 0. The fraction of sp³-hybridized carbons (Fsp3) is 0.692. The number of rotatable bonds is 0. The van der Waals surface area contributed by atoms with Crippen molar-refractivity contribution in [3.05, 3.63) is 21.4 Å². The molecule has 0 saturated heterocycles. The minimum Gasteiger partial charge on any atom is -0.388 e. The lowest BCUT2D eigenvalue weighted by Crippen LogP contribution is -2.17. The molecule has 1 atom stereocenters. The molecule has 1 N–H and O–H groups in total. The van der Waals surface area contributed by atoms with E-state index in [1.54, 1.807) is 0 Å². The Balaban J connectivity index is 2.40. The average Bonchev–Trinajstić information content (AvgIpc) is 2.51. The average molecular weight is 224 g/mol. The Labute approximate surface area is 96.1 Å². The van der Waals surface area contributed by atoms with Gasteiger partial charge < -0.3 is 5.11 Å². The van der Waals surface area contributed by atoms with Gasteiger partial charge in [0, 0.05) is 9.75 Å². The van der Waals surface area contributed by atoms with Crippen LogP contribution < -0.4 is 0 Å². The molecule has 2 heteroatoms. The van der Waals surface area contributed by atoms with Gasteiger partial charge in [0.15, 0.2) is 0 Å². The lowest BCUT2D eigenvalue weighted by molar-refractivity contribution is 0.0665. The van der Waals surface area contributed by atoms with Crippen LogP contribution in [0.2, 0.25) is 0 Å². The summed E-state index contributed by atoms with van der Waals surface area (Å²) in [6, 6.07) is 2.21. The lowest BCUT2D eigenvalue weighted by atomic mass is 9.87. The van der Waals surface area contributed by atoms with E-state index in [4.69, 9.17) is 0 Å². The summed E-state index contributed by atoms with van der Waals surface area (Å²) >= 11 is 1.87. The molecular formula is C13H20OS. The van der Waals surface area contributed by atoms with E-state index in [1.807, 2.05) is 11.3 Å². The van der Waals surface area contributed by atoms with Gasteiger partial charge >= 0.3 is 0 Å². The maximum atomic E-state index is 10.2. The van der Waals surface area contributed by atoms with Crippen LogP contribution in [-0.2, 0) is 11.8 Å². The van der Waals surface area contributed by atoms with Crippen molar-refractivity contribution in [2.75, 3.05) is 0 Å². The molecule has 0 fully saturated rings. The van der Waals surface area contributed by atoms with E-state index in [1.165, 1.54) is 15.3 Å². The SMILES string of the molecule is CC(C)(C)c1cc2c(s1)CC(C)(C)C2O. The van der Waals surface area contributed by atoms with Crippen LogP contribution in [0, 0.1) is 5.41 Å². The molecule has 1 heterocycles. The van der Waals surface area contributed by atoms with Gasteiger partial charge in [0.05, 0.1) is 6.10 Å². The first-order chi connectivity index (χ1) is 6.72. The first kappa shape index (κ1) is 11.2. The van der Waals surface area contributed by atoms with Gasteiger partial charge in [-0.2, -0.15) is 0 Å². The summed E-state index contributed by atoms with van der Waals surface area (Å²) in [5.74, 6) is 0. The Kier molecular flexibility index (Phi) is 2.29. The first-order valence-electron chi connectivity index (χ1n) is 5.53. The van der Waals surface area contributed by atoms with E-state index in [0.29, 0.717) is 0 Å². The summed E-state index contributed by atoms with van der Waals surface area (Å²) in [6.45, 7) is 11.0. The van der Waals surface area contributed by atoms with Gasteiger partial charge in [0.25, 0.3) is 0 Å². The van der Waals surface area contributed by atoms with Crippen molar-refractivity contribution in [2.24, 2.45) is 5.41 Å². The molecule has 0 bridgehead atoms. The highest BCUT2D eigenvalue weighted by Crippen LogP contribution is 2.49. The molecular weight excluding hydrogens is 204 g/mol. The molecule has 1 aliphatic carbocycles. The molecule has 0 amide bonds. The number of aliphatic hydroxyl groups is 1. The third kappa shape index (κ3) is 1.74. The molecule has 2 rings (SSSR count). The van der Waals surface area contributed by atoms with Crippen molar-refractivity contribution < 1.29 is 5.11 Å². The van der Waals surface area contributed by atoms with Crippen LogP contribution in [0.15, 0.2) is 6.07 Å². The van der Waals surface area contributed by atoms with Crippen LogP contribution in [0.3, 0.4) is 0 Å². The summed E-state index contributed by atoms with van der Waals surface area (Å²) in [6.07, 6.45) is 0.740. The molecule has 1 aliphatic rings. The second kappa shape index (κ2) is 3.08. The Morgan fingerprint density at radius 2 is 2.00 bits per heavy atom. The molecule has 1 unspecified atom stereocenters. The number of hydrogen-bond acceptors (Lipinski definition) is 2. The largest absolute Gasteiger partial charge is 0.388 e. The van der Waals surface area contributed by atoms with Crippen molar-refractivity contribution >= 4 is 11.3 Å². The Morgan fingerprint density at radius 3 is 2.47 bits per heavy atom. The van der Waals surface area contributed by atoms with Gasteiger partial charge in [0.2, 0.25) is 0 Å². The van der Waals surface area contributed by atoms with Crippen molar-refractivity contribution in [3.63, 3.8) is 0 Å². The number of thiophene rings is 1. The molecule has 0 aliphatic heterocycles. The first-order valence-corrected chi connectivity index (χ1v) is 6.34. The molecule has 0 spiro atoms. The molecule has 15 heavy (non-hydrogen) atoms. The molecule has 0 radical (unpaired) electrons. The third-order valence-electron chi connectivity index (χ3n) is 3.23. The van der Waals surface area contributed by atoms with Gasteiger partial charge in [-0.3, -0.25) is 0 Å². The zero-order valence-electron chi connectivity index (χ0n) is 10.2. The highest BCUT2D eigenvalue weighted by Gasteiger charge is 2.40. The Bertz CT molecular complexity index is 382. The topological polar surface area (TPSA) is 20.2 Å². The molecule has 84 valence electrons. The van der Waals surface area contributed by atoms with E-state index in [-0.39, 0.29) is 16.9 Å². The molecule has 1 aromatic rings.